The first-order chi connectivity index (χ1) is 22.0. The van der Waals surface area contributed by atoms with Crippen molar-refractivity contribution in [3.63, 3.8) is 0 Å². The number of methoxy groups -OCH3 is 2. The number of rotatable bonds is 9. The van der Waals surface area contributed by atoms with Gasteiger partial charge in [0.15, 0.2) is 34.8 Å². The van der Waals surface area contributed by atoms with Crippen LogP contribution in [-0.2, 0) is 28.5 Å². The molecule has 4 aromatic rings. The van der Waals surface area contributed by atoms with Crippen molar-refractivity contribution < 1.29 is 53.8 Å². The molecular formula is C22H31N10O13P. The van der Waals surface area contributed by atoms with Gasteiger partial charge in [-0.25, -0.2) is 9.97 Å². The normalized spacial score (nSPS) is 28.5. The highest BCUT2D eigenvalue weighted by Gasteiger charge is 2.48. The van der Waals surface area contributed by atoms with E-state index in [-0.39, 0.29) is 40.8 Å². The van der Waals surface area contributed by atoms with Crippen molar-refractivity contribution in [1.82, 2.24) is 39.0 Å². The van der Waals surface area contributed by atoms with Gasteiger partial charge in [-0.2, -0.15) is 19.5 Å². The summed E-state index contributed by atoms with van der Waals surface area (Å²) < 4.78 is 28.9. The Morgan fingerprint density at radius 2 is 1.39 bits per heavy atom. The van der Waals surface area contributed by atoms with Gasteiger partial charge >= 0.3 is 0 Å². The highest BCUT2D eigenvalue weighted by molar-refractivity contribution is 7.45. The Labute approximate surface area is 257 Å². The monoisotopic (exact) mass is 674 g/mol. The second-order valence-corrected chi connectivity index (χ2v) is 10.9. The fourth-order valence-electron chi connectivity index (χ4n) is 4.90. The van der Waals surface area contributed by atoms with Crippen LogP contribution < -0.4 is 22.6 Å². The van der Waals surface area contributed by atoms with Gasteiger partial charge in [0.25, 0.3) is 11.1 Å². The van der Waals surface area contributed by atoms with E-state index in [9.17, 15) is 29.8 Å². The van der Waals surface area contributed by atoms with E-state index in [4.69, 9.17) is 40.4 Å². The topological polar surface area (TPSA) is 336 Å². The van der Waals surface area contributed by atoms with Crippen LogP contribution in [0.5, 0.6) is 0 Å². The quantitative estimate of drug-likeness (QED) is 0.0465. The fourth-order valence-corrected chi connectivity index (χ4v) is 5.13. The molecule has 0 aliphatic carbocycles. The first-order valence-electron chi connectivity index (χ1n) is 13.2. The Morgan fingerprint density at radius 3 is 1.87 bits per heavy atom. The largest absolute Gasteiger partial charge is 0.394 e. The molecule has 46 heavy (non-hydrogen) atoms. The summed E-state index contributed by atoms with van der Waals surface area (Å²) in [6.45, 7) is -0.361. The second-order valence-electron chi connectivity index (χ2n) is 9.74. The molecule has 6 heterocycles. The third-order valence-corrected chi connectivity index (χ3v) is 7.50. The number of imidazole rings is 2. The van der Waals surface area contributed by atoms with Crippen LogP contribution in [0.15, 0.2) is 22.2 Å². The first kappa shape index (κ1) is 33.6. The van der Waals surface area contributed by atoms with E-state index in [1.54, 1.807) is 0 Å². The Balaban J connectivity index is 0.000000184. The number of nitrogens with zero attached hydrogens (tertiary/aromatic N) is 6. The summed E-state index contributed by atoms with van der Waals surface area (Å²) in [5.74, 6) is -0.169. The Hall–Kier alpha value is -3.71. The number of fused-ring (bicyclic) bond motifs is 2. The lowest BCUT2D eigenvalue weighted by Crippen LogP contribution is -2.34. The van der Waals surface area contributed by atoms with Gasteiger partial charge < -0.3 is 55.7 Å². The van der Waals surface area contributed by atoms with Crippen molar-refractivity contribution in [2.75, 3.05) is 38.6 Å². The van der Waals surface area contributed by atoms with Gasteiger partial charge in [-0.05, 0) is 0 Å². The Kier molecular flexibility index (Phi) is 10.2. The van der Waals surface area contributed by atoms with Crippen molar-refractivity contribution in [3.05, 3.63) is 33.4 Å². The smallest absolute Gasteiger partial charge is 0.280 e. The molecule has 252 valence electrons. The molecule has 2 aliphatic heterocycles. The number of hydrogen-bond acceptors (Lipinski definition) is 19. The lowest BCUT2D eigenvalue weighted by atomic mass is 10.1. The molecule has 9 atom stereocenters. The number of nitrogen functional groups attached to an aromatic ring is 2. The van der Waals surface area contributed by atoms with E-state index in [2.05, 4.69) is 34.6 Å². The SMILES string of the molecule is CO[C@H]1C(O)[C@@H](CO)O[C@H]1n1cnc2c(=O)[nH]c(N)nc21.CO[C@H]1C(O)[C@@H](OOP(O)CO)O[C@H]1n1cnc2c(=O)[nH]c(N)nc21. The van der Waals surface area contributed by atoms with E-state index in [0.29, 0.717) is 0 Å². The molecule has 3 unspecified atom stereocenters. The number of ether oxygens (including phenoxy) is 4. The molecule has 0 amide bonds. The summed E-state index contributed by atoms with van der Waals surface area (Å²) >= 11 is 0. The number of aromatic nitrogens is 8. The minimum Gasteiger partial charge on any atom is -0.394 e. The molecule has 6 rings (SSSR count). The van der Waals surface area contributed by atoms with E-state index < -0.39 is 75.1 Å². The van der Waals surface area contributed by atoms with Crippen LogP contribution in [0.4, 0.5) is 11.9 Å². The Bertz CT molecular complexity index is 1770. The molecule has 0 saturated carbocycles. The number of H-pyrrole nitrogens is 2. The van der Waals surface area contributed by atoms with E-state index in [1.165, 1.54) is 36.0 Å². The molecule has 24 heteroatoms. The molecular weight excluding hydrogens is 643 g/mol. The average molecular weight is 675 g/mol. The van der Waals surface area contributed by atoms with Gasteiger partial charge in [-0.3, -0.25) is 28.7 Å². The maximum atomic E-state index is 11.9. The van der Waals surface area contributed by atoms with Crippen LogP contribution in [0.2, 0.25) is 0 Å². The summed E-state index contributed by atoms with van der Waals surface area (Å²) in [5.41, 5.74) is 10.6. The standard InChI is InChI=1S/C11H16N5O8P.C11H15N5O5/c1-21-6-5(18)10(23-24-25(20)3-17)22-9(6)16-2-13-4-7(16)14-11(12)15-8(4)19;1-20-7-6(18)4(2-17)21-10(7)16-3-13-5-8(16)14-11(12)15-9(5)19/h2,5-6,9-10,17-18,20H,3H2,1H3,(H3,12,14,15,19);3-4,6-7,10,17-18H,2H2,1H3,(H3,12,14,15,19)/t5?,6-,9+,10+,25?;4-,6?,7+,10-/m01/s1. The van der Waals surface area contributed by atoms with Crippen LogP contribution in [0.1, 0.15) is 12.5 Å². The third kappa shape index (κ3) is 6.31. The van der Waals surface area contributed by atoms with E-state index >= 15 is 0 Å². The number of nitrogens with one attached hydrogen (secondary N) is 2. The first-order valence-corrected chi connectivity index (χ1v) is 14.6. The fraction of sp³-hybridized carbons (Fsp3) is 0.545. The Morgan fingerprint density at radius 1 is 0.891 bits per heavy atom. The van der Waals surface area contributed by atoms with Crippen LogP contribution >= 0.6 is 8.38 Å². The third-order valence-electron chi connectivity index (χ3n) is 7.00. The maximum absolute atomic E-state index is 11.9. The van der Waals surface area contributed by atoms with Crippen molar-refractivity contribution in [3.8, 4) is 0 Å². The zero-order valence-electron chi connectivity index (χ0n) is 24.0. The zero-order valence-corrected chi connectivity index (χ0v) is 24.9. The molecule has 2 aliphatic rings. The molecule has 4 aromatic heterocycles. The van der Waals surface area contributed by atoms with Gasteiger partial charge in [-0.1, -0.05) is 0 Å². The van der Waals surface area contributed by atoms with Gasteiger partial charge in [-0.15, -0.1) is 0 Å². The molecule has 2 saturated heterocycles. The van der Waals surface area contributed by atoms with Gasteiger partial charge in [0.1, 0.15) is 36.9 Å². The molecule has 0 aromatic carbocycles. The number of hydrogen-bond donors (Lipinski definition) is 9. The zero-order chi connectivity index (χ0) is 33.3. The van der Waals surface area contributed by atoms with Crippen molar-refractivity contribution in [2.45, 2.75) is 49.3 Å². The summed E-state index contributed by atoms with van der Waals surface area (Å²) in [6.07, 6.45) is -5.83. The van der Waals surface area contributed by atoms with E-state index in [1.807, 2.05) is 0 Å². The molecule has 2 fully saturated rings. The second kappa shape index (κ2) is 14.0. The highest BCUT2D eigenvalue weighted by atomic mass is 31.2. The van der Waals surface area contributed by atoms with Gasteiger partial charge in [0.05, 0.1) is 19.3 Å². The van der Waals surface area contributed by atoms with Crippen molar-refractivity contribution in [1.29, 1.82) is 0 Å². The van der Waals surface area contributed by atoms with Crippen LogP contribution in [0.25, 0.3) is 22.3 Å². The van der Waals surface area contributed by atoms with Crippen molar-refractivity contribution in [2.24, 2.45) is 0 Å². The number of anilines is 2. The number of aliphatic hydroxyl groups is 4. The molecule has 0 spiro atoms. The molecule has 0 radical (unpaired) electrons. The van der Waals surface area contributed by atoms with Crippen LogP contribution in [-0.4, -0.2) is 128 Å². The summed E-state index contributed by atoms with van der Waals surface area (Å²) in [7, 11) is 0.535. The number of nitrogens with two attached hydrogens (primary N) is 2. The minimum absolute atomic E-state index is 0.0296. The minimum atomic E-state index is -2.22. The summed E-state index contributed by atoms with van der Waals surface area (Å²) in [5, 5.41) is 38.2. The lowest BCUT2D eigenvalue weighted by Gasteiger charge is -2.19. The lowest BCUT2D eigenvalue weighted by molar-refractivity contribution is -0.332. The maximum Gasteiger partial charge on any atom is 0.280 e. The summed E-state index contributed by atoms with van der Waals surface area (Å²) in [6, 6.07) is 0. The highest BCUT2D eigenvalue weighted by Crippen LogP contribution is 2.37. The van der Waals surface area contributed by atoms with Crippen molar-refractivity contribution >= 4 is 42.6 Å². The van der Waals surface area contributed by atoms with Crippen LogP contribution in [0, 0.1) is 0 Å². The molecule has 0 bridgehead atoms. The number of aromatic amines is 2. The number of aliphatic hydroxyl groups excluding tert-OH is 4. The van der Waals surface area contributed by atoms with Crippen LogP contribution in [0.3, 0.4) is 0 Å². The average Bonchev–Trinajstić information content (AvgIpc) is 3.79. The summed E-state index contributed by atoms with van der Waals surface area (Å²) in [4.78, 5) is 58.2. The predicted octanol–water partition coefficient (Wildman–Crippen LogP) is -3.90. The van der Waals surface area contributed by atoms with E-state index in [0.717, 1.165) is 0 Å². The van der Waals surface area contributed by atoms with Gasteiger partial charge in [0, 0.05) is 14.2 Å². The predicted molar refractivity (Wildman–Crippen MR) is 152 cm³/mol. The van der Waals surface area contributed by atoms with Gasteiger partial charge in [0.2, 0.25) is 26.6 Å². The molecule has 11 N–H and O–H groups in total. The molecule has 23 nitrogen and oxygen atoms in total.